The van der Waals surface area contributed by atoms with Gasteiger partial charge in [-0.05, 0) is 49.4 Å². The standard InChI is InChI=1S/C21H29N3O3/c1-14(2)10-18-11-16(23-15(3)25)12-21(27-18)19-13-17(26-4)6-7-20(19)24-9-5-8-22-24/h5-9,13-14,16,18,21H,10-12H2,1-4H3,(H,23,25)/t16-,18+,21+/m1/s1. The van der Waals surface area contributed by atoms with Crippen LogP contribution in [0.15, 0.2) is 36.7 Å². The molecule has 1 aliphatic rings. The van der Waals surface area contributed by atoms with Gasteiger partial charge in [0.1, 0.15) is 5.75 Å². The highest BCUT2D eigenvalue weighted by Gasteiger charge is 2.33. The molecule has 1 aromatic heterocycles. The number of carbonyl (C=O) groups excluding carboxylic acids is 1. The number of methoxy groups -OCH3 is 1. The summed E-state index contributed by atoms with van der Waals surface area (Å²) in [5, 5.41) is 7.48. The first-order chi connectivity index (χ1) is 13.0. The van der Waals surface area contributed by atoms with Crippen molar-refractivity contribution >= 4 is 5.91 Å². The van der Waals surface area contributed by atoms with Gasteiger partial charge in [-0.2, -0.15) is 5.10 Å². The molecule has 146 valence electrons. The molecule has 0 spiro atoms. The van der Waals surface area contributed by atoms with Crippen molar-refractivity contribution in [3.8, 4) is 11.4 Å². The summed E-state index contributed by atoms with van der Waals surface area (Å²) >= 11 is 0. The second-order valence-corrected chi connectivity index (χ2v) is 7.62. The quantitative estimate of drug-likeness (QED) is 0.842. The fourth-order valence-electron chi connectivity index (χ4n) is 3.84. The number of carbonyl (C=O) groups is 1. The van der Waals surface area contributed by atoms with E-state index in [-0.39, 0.29) is 24.2 Å². The Morgan fingerprint density at radius 2 is 2.22 bits per heavy atom. The molecule has 0 bridgehead atoms. The topological polar surface area (TPSA) is 65.4 Å². The van der Waals surface area contributed by atoms with E-state index in [4.69, 9.17) is 9.47 Å². The highest BCUT2D eigenvalue weighted by Crippen LogP contribution is 2.37. The lowest BCUT2D eigenvalue weighted by molar-refractivity contribution is -0.122. The maximum Gasteiger partial charge on any atom is 0.217 e. The van der Waals surface area contributed by atoms with E-state index in [9.17, 15) is 4.79 Å². The van der Waals surface area contributed by atoms with E-state index in [1.165, 1.54) is 0 Å². The summed E-state index contributed by atoms with van der Waals surface area (Å²) < 4.78 is 13.8. The van der Waals surface area contributed by atoms with E-state index in [0.29, 0.717) is 5.92 Å². The fraction of sp³-hybridized carbons (Fsp3) is 0.524. The molecule has 27 heavy (non-hydrogen) atoms. The molecule has 0 saturated carbocycles. The highest BCUT2D eigenvalue weighted by atomic mass is 16.5. The van der Waals surface area contributed by atoms with Gasteiger partial charge < -0.3 is 14.8 Å². The predicted molar refractivity (Wildman–Crippen MR) is 104 cm³/mol. The van der Waals surface area contributed by atoms with Crippen LogP contribution >= 0.6 is 0 Å². The predicted octanol–water partition coefficient (Wildman–Crippen LogP) is 3.65. The number of nitrogens with one attached hydrogen (secondary N) is 1. The first-order valence-corrected chi connectivity index (χ1v) is 9.56. The summed E-state index contributed by atoms with van der Waals surface area (Å²) in [5.41, 5.74) is 2.00. The SMILES string of the molecule is COc1ccc(-n2cccn2)c([C@@H]2C[C@H](NC(C)=O)C[C@H](CC(C)C)O2)c1. The molecule has 0 unspecified atom stereocenters. The van der Waals surface area contributed by atoms with Crippen molar-refractivity contribution in [3.63, 3.8) is 0 Å². The average molecular weight is 371 g/mol. The molecule has 0 radical (unpaired) electrons. The van der Waals surface area contributed by atoms with Crippen LogP contribution in [0.4, 0.5) is 0 Å². The van der Waals surface area contributed by atoms with Gasteiger partial charge >= 0.3 is 0 Å². The normalized spacial score (nSPS) is 22.6. The Kier molecular flexibility index (Phi) is 6.16. The molecule has 0 aliphatic carbocycles. The summed E-state index contributed by atoms with van der Waals surface area (Å²) in [6.45, 7) is 5.96. The van der Waals surface area contributed by atoms with Gasteiger partial charge in [-0.1, -0.05) is 13.8 Å². The van der Waals surface area contributed by atoms with E-state index in [1.54, 1.807) is 20.2 Å². The molecule has 1 saturated heterocycles. The Morgan fingerprint density at radius 1 is 1.41 bits per heavy atom. The Bertz CT molecular complexity index is 758. The zero-order valence-corrected chi connectivity index (χ0v) is 16.5. The lowest BCUT2D eigenvalue weighted by Crippen LogP contribution is -2.42. The molecule has 3 atom stereocenters. The van der Waals surface area contributed by atoms with Crippen molar-refractivity contribution < 1.29 is 14.3 Å². The van der Waals surface area contributed by atoms with E-state index in [1.807, 2.05) is 35.1 Å². The second kappa shape index (κ2) is 8.57. The number of amides is 1. The Morgan fingerprint density at radius 3 is 2.85 bits per heavy atom. The molecule has 1 N–H and O–H groups in total. The minimum atomic E-state index is -0.131. The third kappa shape index (κ3) is 4.89. The maximum absolute atomic E-state index is 11.7. The van der Waals surface area contributed by atoms with Gasteiger partial charge in [0.2, 0.25) is 5.91 Å². The lowest BCUT2D eigenvalue weighted by atomic mass is 9.90. The Hall–Kier alpha value is -2.34. The van der Waals surface area contributed by atoms with Crippen LogP contribution in [0.3, 0.4) is 0 Å². The zero-order valence-electron chi connectivity index (χ0n) is 16.5. The number of hydrogen-bond donors (Lipinski definition) is 1. The summed E-state index contributed by atoms with van der Waals surface area (Å²) in [7, 11) is 1.66. The third-order valence-electron chi connectivity index (χ3n) is 4.88. The van der Waals surface area contributed by atoms with Gasteiger partial charge in [0.15, 0.2) is 0 Å². The van der Waals surface area contributed by atoms with E-state index in [0.717, 1.165) is 36.3 Å². The van der Waals surface area contributed by atoms with Crippen LogP contribution < -0.4 is 10.1 Å². The fourth-order valence-corrected chi connectivity index (χ4v) is 3.84. The van der Waals surface area contributed by atoms with Gasteiger partial charge in [-0.15, -0.1) is 0 Å². The molecule has 1 aromatic carbocycles. The minimum Gasteiger partial charge on any atom is -0.497 e. The Labute approximate surface area is 160 Å². The number of hydrogen-bond acceptors (Lipinski definition) is 4. The molecule has 3 rings (SSSR count). The van der Waals surface area contributed by atoms with Crippen LogP contribution in [0.5, 0.6) is 5.75 Å². The number of aromatic nitrogens is 2. The lowest BCUT2D eigenvalue weighted by Gasteiger charge is -2.37. The average Bonchev–Trinajstić information content (AvgIpc) is 3.14. The molecule has 1 amide bonds. The third-order valence-corrected chi connectivity index (χ3v) is 4.88. The number of ether oxygens (including phenoxy) is 2. The zero-order chi connectivity index (χ0) is 19.4. The first-order valence-electron chi connectivity index (χ1n) is 9.56. The van der Waals surface area contributed by atoms with Crippen LogP contribution in [0.1, 0.15) is 51.7 Å². The summed E-state index contributed by atoms with van der Waals surface area (Å²) in [6, 6.07) is 7.95. The van der Waals surface area contributed by atoms with Gasteiger partial charge in [-0.3, -0.25) is 4.79 Å². The molecular formula is C21H29N3O3. The van der Waals surface area contributed by atoms with Crippen molar-refractivity contribution in [2.45, 2.75) is 58.3 Å². The van der Waals surface area contributed by atoms with Crippen LogP contribution in [0.25, 0.3) is 5.69 Å². The molecule has 2 heterocycles. The van der Waals surface area contributed by atoms with E-state index < -0.39 is 0 Å². The van der Waals surface area contributed by atoms with Crippen LogP contribution in [0, 0.1) is 5.92 Å². The van der Waals surface area contributed by atoms with E-state index >= 15 is 0 Å². The largest absolute Gasteiger partial charge is 0.497 e. The minimum absolute atomic E-state index is 0.00175. The second-order valence-electron chi connectivity index (χ2n) is 7.62. The molecule has 1 aliphatic heterocycles. The van der Waals surface area contributed by atoms with Gasteiger partial charge in [0.25, 0.3) is 0 Å². The van der Waals surface area contributed by atoms with Crippen molar-refractivity contribution in [2.24, 2.45) is 5.92 Å². The van der Waals surface area contributed by atoms with Crippen LogP contribution in [-0.2, 0) is 9.53 Å². The van der Waals surface area contributed by atoms with Crippen molar-refractivity contribution in [1.29, 1.82) is 0 Å². The molecule has 1 fully saturated rings. The number of nitrogens with zero attached hydrogens (tertiary/aromatic N) is 2. The number of benzene rings is 1. The summed E-state index contributed by atoms with van der Waals surface area (Å²) in [5.74, 6) is 1.32. The maximum atomic E-state index is 11.7. The number of rotatable bonds is 6. The first kappa shape index (κ1) is 19.4. The van der Waals surface area contributed by atoms with Crippen LogP contribution in [-0.4, -0.2) is 34.9 Å². The van der Waals surface area contributed by atoms with Crippen molar-refractivity contribution in [3.05, 3.63) is 42.2 Å². The molecule has 6 nitrogen and oxygen atoms in total. The summed E-state index contributed by atoms with van der Waals surface area (Å²) in [4.78, 5) is 11.7. The monoisotopic (exact) mass is 371 g/mol. The van der Waals surface area contributed by atoms with Gasteiger partial charge in [-0.25, -0.2) is 4.68 Å². The Balaban J connectivity index is 1.95. The molecule has 2 aromatic rings. The van der Waals surface area contributed by atoms with Crippen LogP contribution in [0.2, 0.25) is 0 Å². The molecule has 6 heteroatoms. The van der Waals surface area contributed by atoms with Gasteiger partial charge in [0.05, 0.1) is 25.0 Å². The van der Waals surface area contributed by atoms with E-state index in [2.05, 4.69) is 24.3 Å². The smallest absolute Gasteiger partial charge is 0.217 e. The van der Waals surface area contributed by atoms with Gasteiger partial charge in [0, 0.05) is 30.9 Å². The highest BCUT2D eigenvalue weighted by molar-refractivity contribution is 5.73. The summed E-state index contributed by atoms with van der Waals surface area (Å²) in [6.07, 6.45) is 6.20. The molecular weight excluding hydrogens is 342 g/mol. The van der Waals surface area contributed by atoms with Crippen molar-refractivity contribution in [2.75, 3.05) is 7.11 Å². The van der Waals surface area contributed by atoms with Crippen molar-refractivity contribution in [1.82, 2.24) is 15.1 Å².